The van der Waals surface area contributed by atoms with E-state index in [2.05, 4.69) is 10.3 Å². The standard InChI is InChI=1S/C6H7N3O2/c10-6(11)4-3-5(4)9-2-1-7-8-9/h1-2,4-5H,3H2,(H,10,11). The van der Waals surface area contributed by atoms with Crippen LogP contribution in [0.3, 0.4) is 0 Å². The molecule has 0 aliphatic heterocycles. The zero-order valence-electron chi connectivity index (χ0n) is 5.71. The summed E-state index contributed by atoms with van der Waals surface area (Å²) in [7, 11) is 0. The minimum atomic E-state index is -0.745. The number of carboxylic acids is 1. The summed E-state index contributed by atoms with van der Waals surface area (Å²) in [5.41, 5.74) is 0. The van der Waals surface area contributed by atoms with Gasteiger partial charge in [0.1, 0.15) is 0 Å². The molecule has 2 unspecified atom stereocenters. The predicted molar refractivity (Wildman–Crippen MR) is 34.8 cm³/mol. The van der Waals surface area contributed by atoms with Gasteiger partial charge in [0.15, 0.2) is 0 Å². The molecule has 11 heavy (non-hydrogen) atoms. The fraction of sp³-hybridized carbons (Fsp3) is 0.500. The van der Waals surface area contributed by atoms with Gasteiger partial charge in [-0.25, -0.2) is 4.68 Å². The lowest BCUT2D eigenvalue weighted by molar-refractivity contribution is -0.138. The summed E-state index contributed by atoms with van der Waals surface area (Å²) >= 11 is 0. The molecule has 5 heteroatoms. The second kappa shape index (κ2) is 2.05. The molecule has 1 fully saturated rings. The number of aliphatic carboxylic acids is 1. The predicted octanol–water partition coefficient (Wildman–Crippen LogP) is -0.0763. The van der Waals surface area contributed by atoms with E-state index in [4.69, 9.17) is 5.11 Å². The zero-order valence-corrected chi connectivity index (χ0v) is 5.71. The number of carbonyl (C=O) groups is 1. The SMILES string of the molecule is O=C(O)C1CC1n1ccnn1. The van der Waals surface area contributed by atoms with Crippen molar-refractivity contribution >= 4 is 5.97 Å². The van der Waals surface area contributed by atoms with Gasteiger partial charge in [-0.2, -0.15) is 0 Å². The van der Waals surface area contributed by atoms with Crippen molar-refractivity contribution in [3.8, 4) is 0 Å². The number of hydrogen-bond acceptors (Lipinski definition) is 3. The molecule has 2 rings (SSSR count). The van der Waals surface area contributed by atoms with Crippen molar-refractivity contribution in [1.29, 1.82) is 0 Å². The highest BCUT2D eigenvalue weighted by molar-refractivity contribution is 5.73. The van der Waals surface area contributed by atoms with Crippen LogP contribution < -0.4 is 0 Å². The Labute approximate surface area is 62.6 Å². The van der Waals surface area contributed by atoms with Gasteiger partial charge in [-0.15, -0.1) is 5.10 Å². The van der Waals surface area contributed by atoms with E-state index in [0.717, 1.165) is 0 Å². The van der Waals surface area contributed by atoms with Gasteiger partial charge in [0, 0.05) is 6.20 Å². The van der Waals surface area contributed by atoms with Crippen LogP contribution >= 0.6 is 0 Å². The average molecular weight is 153 g/mol. The first-order chi connectivity index (χ1) is 5.29. The molecule has 0 aromatic carbocycles. The van der Waals surface area contributed by atoms with Crippen LogP contribution in [0.5, 0.6) is 0 Å². The first-order valence-electron chi connectivity index (χ1n) is 3.37. The molecular formula is C6H7N3O2. The molecule has 1 saturated carbocycles. The van der Waals surface area contributed by atoms with E-state index in [1.54, 1.807) is 17.1 Å². The van der Waals surface area contributed by atoms with Gasteiger partial charge in [0.2, 0.25) is 0 Å². The Hall–Kier alpha value is -1.39. The van der Waals surface area contributed by atoms with Crippen LogP contribution in [0.15, 0.2) is 12.4 Å². The van der Waals surface area contributed by atoms with Gasteiger partial charge in [0.25, 0.3) is 0 Å². The van der Waals surface area contributed by atoms with Gasteiger partial charge in [-0.3, -0.25) is 4.79 Å². The van der Waals surface area contributed by atoms with Crippen molar-refractivity contribution in [2.45, 2.75) is 12.5 Å². The van der Waals surface area contributed by atoms with Crippen molar-refractivity contribution in [3.63, 3.8) is 0 Å². The summed E-state index contributed by atoms with van der Waals surface area (Å²) in [5.74, 6) is -0.998. The smallest absolute Gasteiger partial charge is 0.308 e. The normalized spacial score (nSPS) is 28.4. The number of hydrogen-bond donors (Lipinski definition) is 1. The number of carboxylic acid groups (broad SMARTS) is 1. The van der Waals surface area contributed by atoms with Crippen molar-refractivity contribution in [2.24, 2.45) is 5.92 Å². The summed E-state index contributed by atoms with van der Waals surface area (Å²) in [4.78, 5) is 10.4. The Balaban J connectivity index is 2.08. The fourth-order valence-electron chi connectivity index (χ4n) is 1.13. The largest absolute Gasteiger partial charge is 0.481 e. The first kappa shape index (κ1) is 6.33. The fourth-order valence-corrected chi connectivity index (χ4v) is 1.13. The monoisotopic (exact) mass is 153 g/mol. The van der Waals surface area contributed by atoms with Crippen LogP contribution in [-0.4, -0.2) is 26.1 Å². The Morgan fingerprint density at radius 2 is 2.55 bits per heavy atom. The number of aromatic nitrogens is 3. The maximum atomic E-state index is 10.4. The lowest BCUT2D eigenvalue weighted by Gasteiger charge is -1.93. The Morgan fingerprint density at radius 3 is 3.00 bits per heavy atom. The van der Waals surface area contributed by atoms with E-state index in [1.807, 2.05) is 0 Å². The molecule has 1 aliphatic rings. The molecule has 2 atom stereocenters. The lowest BCUT2D eigenvalue weighted by Crippen LogP contribution is -2.04. The van der Waals surface area contributed by atoms with E-state index in [0.29, 0.717) is 6.42 Å². The summed E-state index contributed by atoms with van der Waals surface area (Å²) in [6, 6.07) is 0.0370. The molecule has 0 saturated heterocycles. The molecule has 1 N–H and O–H groups in total. The van der Waals surface area contributed by atoms with Crippen molar-refractivity contribution in [3.05, 3.63) is 12.4 Å². The molecule has 5 nitrogen and oxygen atoms in total. The third-order valence-corrected chi connectivity index (χ3v) is 1.85. The van der Waals surface area contributed by atoms with Crippen LogP contribution in [0.4, 0.5) is 0 Å². The van der Waals surface area contributed by atoms with Crippen LogP contribution in [0.1, 0.15) is 12.5 Å². The second-order valence-electron chi connectivity index (χ2n) is 2.63. The molecule has 1 heterocycles. The highest BCUT2D eigenvalue weighted by Crippen LogP contribution is 2.42. The van der Waals surface area contributed by atoms with Crippen molar-refractivity contribution < 1.29 is 9.90 Å². The van der Waals surface area contributed by atoms with E-state index in [-0.39, 0.29) is 12.0 Å². The summed E-state index contributed by atoms with van der Waals surface area (Å²) < 4.78 is 1.60. The van der Waals surface area contributed by atoms with Crippen molar-refractivity contribution in [2.75, 3.05) is 0 Å². The third kappa shape index (κ3) is 0.978. The van der Waals surface area contributed by atoms with Gasteiger partial charge in [0.05, 0.1) is 18.2 Å². The van der Waals surface area contributed by atoms with Crippen molar-refractivity contribution in [1.82, 2.24) is 15.0 Å². The molecule has 58 valence electrons. The van der Waals surface area contributed by atoms with E-state index in [9.17, 15) is 4.79 Å². The molecular weight excluding hydrogens is 146 g/mol. The Morgan fingerprint density at radius 1 is 1.73 bits per heavy atom. The first-order valence-corrected chi connectivity index (χ1v) is 3.37. The maximum Gasteiger partial charge on any atom is 0.308 e. The van der Waals surface area contributed by atoms with Crippen LogP contribution in [0, 0.1) is 5.92 Å². The van der Waals surface area contributed by atoms with Gasteiger partial charge in [-0.1, -0.05) is 5.21 Å². The third-order valence-electron chi connectivity index (χ3n) is 1.85. The zero-order chi connectivity index (χ0) is 7.84. The topological polar surface area (TPSA) is 68.0 Å². The van der Waals surface area contributed by atoms with E-state index < -0.39 is 5.97 Å². The maximum absolute atomic E-state index is 10.4. The van der Waals surface area contributed by atoms with E-state index >= 15 is 0 Å². The molecule has 0 radical (unpaired) electrons. The van der Waals surface area contributed by atoms with Crippen LogP contribution in [0.25, 0.3) is 0 Å². The lowest BCUT2D eigenvalue weighted by atomic mass is 10.4. The van der Waals surface area contributed by atoms with E-state index in [1.165, 1.54) is 0 Å². The highest BCUT2D eigenvalue weighted by Gasteiger charge is 2.45. The van der Waals surface area contributed by atoms with Gasteiger partial charge < -0.3 is 5.11 Å². The van der Waals surface area contributed by atoms with Gasteiger partial charge in [-0.05, 0) is 6.42 Å². The summed E-state index contributed by atoms with van der Waals surface area (Å²) in [6.07, 6.45) is 3.92. The Bertz CT molecular complexity index is 269. The Kier molecular flexibility index (Phi) is 1.18. The number of nitrogens with zero attached hydrogens (tertiary/aromatic N) is 3. The molecule has 0 amide bonds. The summed E-state index contributed by atoms with van der Waals surface area (Å²) in [6.45, 7) is 0. The second-order valence-corrected chi connectivity index (χ2v) is 2.63. The minimum Gasteiger partial charge on any atom is -0.481 e. The quantitative estimate of drug-likeness (QED) is 0.645. The number of rotatable bonds is 2. The molecule has 1 aromatic heterocycles. The minimum absolute atomic E-state index is 0.0370. The highest BCUT2D eigenvalue weighted by atomic mass is 16.4. The molecule has 1 aliphatic carbocycles. The van der Waals surface area contributed by atoms with Crippen LogP contribution in [0.2, 0.25) is 0 Å². The van der Waals surface area contributed by atoms with Gasteiger partial charge >= 0.3 is 5.97 Å². The molecule has 0 spiro atoms. The average Bonchev–Trinajstić information content (AvgIpc) is 2.60. The molecule has 1 aromatic rings. The molecule has 0 bridgehead atoms. The summed E-state index contributed by atoms with van der Waals surface area (Å²) in [5, 5.41) is 15.9. The van der Waals surface area contributed by atoms with Crippen LogP contribution in [-0.2, 0) is 4.79 Å².